The van der Waals surface area contributed by atoms with Crippen molar-refractivity contribution in [1.29, 1.82) is 0 Å². The molecule has 0 aromatic heterocycles. The Morgan fingerprint density at radius 2 is 1.95 bits per heavy atom. The van der Waals surface area contributed by atoms with Gasteiger partial charge in [-0.05, 0) is 18.4 Å². The van der Waals surface area contributed by atoms with Crippen molar-refractivity contribution in [3.8, 4) is 0 Å². The van der Waals surface area contributed by atoms with Crippen LogP contribution in [0.3, 0.4) is 0 Å². The molecule has 1 aromatic rings. The average molecular weight is 264 g/mol. The van der Waals surface area contributed by atoms with Crippen molar-refractivity contribution in [2.45, 2.75) is 25.8 Å². The van der Waals surface area contributed by atoms with Gasteiger partial charge >= 0.3 is 0 Å². The molecule has 0 saturated heterocycles. The smallest absolute Gasteiger partial charge is 0.236 e. The summed E-state index contributed by atoms with van der Waals surface area (Å²) < 4.78 is 4.89. The van der Waals surface area contributed by atoms with Crippen LogP contribution in [-0.2, 0) is 9.53 Å². The topological polar surface area (TPSA) is 50.4 Å². The Morgan fingerprint density at radius 1 is 1.26 bits per heavy atom. The van der Waals surface area contributed by atoms with Gasteiger partial charge in [0.25, 0.3) is 0 Å². The molecule has 0 heterocycles. The molecule has 0 bridgehead atoms. The summed E-state index contributed by atoms with van der Waals surface area (Å²) in [6, 6.07) is 10.1. The molecule has 4 nitrogen and oxygen atoms in total. The highest BCUT2D eigenvalue weighted by Crippen LogP contribution is 2.13. The number of carbonyl (C=O) groups is 1. The van der Waals surface area contributed by atoms with Gasteiger partial charge in [-0.1, -0.05) is 37.3 Å². The molecule has 19 heavy (non-hydrogen) atoms. The van der Waals surface area contributed by atoms with E-state index in [-0.39, 0.29) is 11.9 Å². The number of nitrogens with one attached hydrogen (secondary N) is 2. The van der Waals surface area contributed by atoms with E-state index in [0.29, 0.717) is 19.1 Å². The van der Waals surface area contributed by atoms with Crippen LogP contribution in [0.25, 0.3) is 0 Å². The number of ether oxygens (including phenoxy) is 1. The minimum Gasteiger partial charge on any atom is -0.383 e. The van der Waals surface area contributed by atoms with E-state index >= 15 is 0 Å². The van der Waals surface area contributed by atoms with E-state index in [2.05, 4.69) is 29.7 Å². The molecule has 106 valence electrons. The summed E-state index contributed by atoms with van der Waals surface area (Å²) in [5.74, 6) is 0.396. The molecule has 0 aliphatic heterocycles. The van der Waals surface area contributed by atoms with Gasteiger partial charge in [-0.15, -0.1) is 0 Å². The van der Waals surface area contributed by atoms with E-state index in [1.807, 2.05) is 25.1 Å². The van der Waals surface area contributed by atoms with Crippen LogP contribution in [-0.4, -0.2) is 38.8 Å². The van der Waals surface area contributed by atoms with Gasteiger partial charge in [0.15, 0.2) is 0 Å². The Morgan fingerprint density at radius 3 is 2.58 bits per heavy atom. The number of hydrogen-bond donors (Lipinski definition) is 2. The zero-order chi connectivity index (χ0) is 14.1. The first-order chi connectivity index (χ1) is 9.15. The molecule has 1 amide bonds. The van der Waals surface area contributed by atoms with Crippen molar-refractivity contribution >= 4 is 5.91 Å². The van der Waals surface area contributed by atoms with Crippen LogP contribution in [0.2, 0.25) is 0 Å². The second kappa shape index (κ2) is 8.67. The monoisotopic (exact) mass is 264 g/mol. The largest absolute Gasteiger partial charge is 0.383 e. The maximum Gasteiger partial charge on any atom is 0.236 e. The van der Waals surface area contributed by atoms with Gasteiger partial charge in [-0.25, -0.2) is 0 Å². The Hall–Kier alpha value is -1.39. The Labute approximate surface area is 115 Å². The summed E-state index contributed by atoms with van der Waals surface area (Å²) in [5, 5.41) is 6.08. The van der Waals surface area contributed by atoms with Crippen molar-refractivity contribution in [3.05, 3.63) is 35.9 Å². The summed E-state index contributed by atoms with van der Waals surface area (Å²) >= 11 is 0. The van der Waals surface area contributed by atoms with Gasteiger partial charge in [0.05, 0.1) is 12.6 Å². The molecule has 2 N–H and O–H groups in total. The van der Waals surface area contributed by atoms with Gasteiger partial charge in [0.2, 0.25) is 5.91 Å². The number of benzene rings is 1. The normalized spacial score (nSPS) is 13.8. The molecule has 1 aromatic carbocycles. The maximum atomic E-state index is 11.7. The van der Waals surface area contributed by atoms with Crippen molar-refractivity contribution < 1.29 is 9.53 Å². The summed E-state index contributed by atoms with van der Waals surface area (Å²) in [6.07, 6.45) is 0. The zero-order valence-electron chi connectivity index (χ0n) is 12.0. The molecule has 0 radical (unpaired) electrons. The highest BCUT2D eigenvalue weighted by atomic mass is 16.5. The highest BCUT2D eigenvalue weighted by molar-refractivity contribution is 5.81. The lowest BCUT2D eigenvalue weighted by atomic mass is 10.0. The maximum absolute atomic E-state index is 11.7. The number of amides is 1. The fraction of sp³-hybridized carbons (Fsp3) is 0.533. The van der Waals surface area contributed by atoms with E-state index in [0.717, 1.165) is 6.54 Å². The van der Waals surface area contributed by atoms with Crippen LogP contribution >= 0.6 is 0 Å². The van der Waals surface area contributed by atoms with Crippen LogP contribution in [0.1, 0.15) is 25.3 Å². The number of hydrogen-bond acceptors (Lipinski definition) is 3. The van der Waals surface area contributed by atoms with Crippen LogP contribution in [0.5, 0.6) is 0 Å². The standard InChI is InChI=1S/C15H24N2O2/c1-12(14-7-5-4-6-8-14)11-17-13(2)15(18)16-9-10-19-3/h4-8,12-13,17H,9-11H2,1-3H3,(H,16,18). The first-order valence-corrected chi connectivity index (χ1v) is 6.70. The van der Waals surface area contributed by atoms with E-state index < -0.39 is 0 Å². The summed E-state index contributed by atoms with van der Waals surface area (Å²) in [5.41, 5.74) is 1.28. The average Bonchev–Trinajstić information content (AvgIpc) is 2.45. The van der Waals surface area contributed by atoms with E-state index in [4.69, 9.17) is 4.74 Å². The molecule has 4 heteroatoms. The third-order valence-electron chi connectivity index (χ3n) is 3.10. The molecule has 0 aliphatic carbocycles. The molecular weight excluding hydrogens is 240 g/mol. The molecule has 0 saturated carbocycles. The van der Waals surface area contributed by atoms with E-state index in [1.54, 1.807) is 7.11 Å². The molecule has 2 unspecified atom stereocenters. The van der Waals surface area contributed by atoms with Crippen LogP contribution in [0.4, 0.5) is 0 Å². The summed E-state index contributed by atoms with van der Waals surface area (Å²) in [6.45, 7) is 5.90. The fourth-order valence-corrected chi connectivity index (χ4v) is 1.78. The Bertz CT molecular complexity index is 368. The quantitative estimate of drug-likeness (QED) is 0.700. The molecule has 0 spiro atoms. The van der Waals surface area contributed by atoms with E-state index in [9.17, 15) is 4.79 Å². The molecule has 0 fully saturated rings. The second-order valence-corrected chi connectivity index (χ2v) is 4.73. The molecule has 2 atom stereocenters. The van der Waals surface area contributed by atoms with Gasteiger partial charge in [0.1, 0.15) is 0 Å². The fourth-order valence-electron chi connectivity index (χ4n) is 1.78. The second-order valence-electron chi connectivity index (χ2n) is 4.73. The minimum atomic E-state index is -0.192. The Balaban J connectivity index is 2.29. The minimum absolute atomic E-state index is 0.0114. The predicted molar refractivity (Wildman–Crippen MR) is 77.2 cm³/mol. The molecule has 1 rings (SSSR count). The van der Waals surface area contributed by atoms with Crippen molar-refractivity contribution in [3.63, 3.8) is 0 Å². The van der Waals surface area contributed by atoms with Crippen molar-refractivity contribution in [2.24, 2.45) is 0 Å². The third kappa shape index (κ3) is 5.85. The zero-order valence-corrected chi connectivity index (χ0v) is 12.0. The third-order valence-corrected chi connectivity index (χ3v) is 3.10. The Kier molecular flexibility index (Phi) is 7.15. The number of rotatable bonds is 8. The first-order valence-electron chi connectivity index (χ1n) is 6.70. The number of methoxy groups -OCH3 is 1. The lowest BCUT2D eigenvalue weighted by molar-refractivity contribution is -0.122. The van der Waals surface area contributed by atoms with Gasteiger partial charge in [-0.3, -0.25) is 4.79 Å². The van der Waals surface area contributed by atoms with Gasteiger partial charge < -0.3 is 15.4 Å². The SMILES string of the molecule is COCCNC(=O)C(C)NCC(C)c1ccccc1. The molecule has 0 aliphatic rings. The van der Waals surface area contributed by atoms with Crippen LogP contribution in [0.15, 0.2) is 30.3 Å². The van der Waals surface area contributed by atoms with E-state index in [1.165, 1.54) is 5.56 Å². The van der Waals surface area contributed by atoms with Crippen molar-refractivity contribution in [2.75, 3.05) is 26.8 Å². The first kappa shape index (κ1) is 15.7. The summed E-state index contributed by atoms with van der Waals surface area (Å²) in [4.78, 5) is 11.7. The lowest BCUT2D eigenvalue weighted by Gasteiger charge is -2.17. The lowest BCUT2D eigenvalue weighted by Crippen LogP contribution is -2.44. The number of carbonyl (C=O) groups excluding carboxylic acids is 1. The summed E-state index contributed by atoms with van der Waals surface area (Å²) in [7, 11) is 1.62. The van der Waals surface area contributed by atoms with Crippen LogP contribution in [0, 0.1) is 0 Å². The highest BCUT2D eigenvalue weighted by Gasteiger charge is 2.13. The predicted octanol–water partition coefficient (Wildman–Crippen LogP) is 1.53. The van der Waals surface area contributed by atoms with Gasteiger partial charge in [0, 0.05) is 20.2 Å². The van der Waals surface area contributed by atoms with Crippen LogP contribution < -0.4 is 10.6 Å². The van der Waals surface area contributed by atoms with Gasteiger partial charge in [-0.2, -0.15) is 0 Å². The molecular formula is C15H24N2O2. The van der Waals surface area contributed by atoms with Crippen molar-refractivity contribution in [1.82, 2.24) is 10.6 Å².